The summed E-state index contributed by atoms with van der Waals surface area (Å²) in [5.74, 6) is 1.20. The van der Waals surface area contributed by atoms with Gasteiger partial charge in [-0.1, -0.05) is 44.2 Å². The predicted octanol–water partition coefficient (Wildman–Crippen LogP) is 4.63. The lowest BCUT2D eigenvalue weighted by atomic mass is 10.5. The van der Waals surface area contributed by atoms with Crippen LogP contribution in [0.4, 0.5) is 0 Å². The third-order valence-corrected chi connectivity index (χ3v) is 3.64. The molecule has 0 saturated heterocycles. The zero-order chi connectivity index (χ0) is 13.4. The lowest BCUT2D eigenvalue weighted by Gasteiger charge is -1.96. The van der Waals surface area contributed by atoms with Gasteiger partial charge in [-0.3, -0.25) is 4.79 Å². The number of rotatable bonds is 5. The molecule has 0 atom stereocenters. The maximum absolute atomic E-state index is 9.06. The van der Waals surface area contributed by atoms with E-state index in [0.29, 0.717) is 6.29 Å². The topological polar surface area (TPSA) is 30.0 Å². The van der Waals surface area contributed by atoms with E-state index in [4.69, 9.17) is 4.79 Å². The summed E-state index contributed by atoms with van der Waals surface area (Å²) in [5.41, 5.74) is 0. The Morgan fingerprint density at radius 2 is 2.06 bits per heavy atom. The minimum absolute atomic E-state index is 0.639. The Kier molecular flexibility index (Phi) is 19.3. The van der Waals surface area contributed by atoms with E-state index in [1.807, 2.05) is 49.0 Å². The fourth-order valence-electron chi connectivity index (χ4n) is 0.582. The van der Waals surface area contributed by atoms with E-state index in [9.17, 15) is 0 Å². The number of carbonyl (C=O) groups is 1. The first-order valence-corrected chi connectivity index (χ1v) is 7.93. The molecule has 0 bridgehead atoms. The van der Waals surface area contributed by atoms with E-state index in [2.05, 4.69) is 18.5 Å². The molecule has 1 aromatic rings. The Bertz CT molecular complexity index is 259. The predicted molar refractivity (Wildman–Crippen MR) is 80.5 cm³/mol. The molecular formula is C13H21NOS2. The molecule has 0 N–H and O–H groups in total. The third-order valence-electron chi connectivity index (χ3n) is 1.17. The highest BCUT2D eigenvalue weighted by Gasteiger charge is 1.91. The van der Waals surface area contributed by atoms with Crippen LogP contribution in [0.5, 0.6) is 0 Å². The lowest BCUT2D eigenvalue weighted by molar-refractivity contribution is -0.104. The SMILES string of the molecule is C=CC=O.CC.CCCSSc1ccccn1. The molecule has 0 aliphatic carbocycles. The van der Waals surface area contributed by atoms with E-state index in [1.54, 1.807) is 10.8 Å². The summed E-state index contributed by atoms with van der Waals surface area (Å²) in [5, 5.41) is 1.10. The van der Waals surface area contributed by atoms with Crippen LogP contribution >= 0.6 is 21.6 Å². The second-order valence-corrected chi connectivity index (χ2v) is 4.88. The van der Waals surface area contributed by atoms with Crippen LogP contribution in [0, 0.1) is 0 Å². The van der Waals surface area contributed by atoms with Crippen molar-refractivity contribution in [3.63, 3.8) is 0 Å². The number of aromatic nitrogens is 1. The average Bonchev–Trinajstić information content (AvgIpc) is 2.43. The lowest BCUT2D eigenvalue weighted by Crippen LogP contribution is -1.74. The summed E-state index contributed by atoms with van der Waals surface area (Å²) >= 11 is 0. The molecule has 0 saturated carbocycles. The minimum atomic E-state index is 0.639. The van der Waals surface area contributed by atoms with Gasteiger partial charge < -0.3 is 0 Å². The molecule has 1 rings (SSSR count). The maximum atomic E-state index is 9.06. The molecule has 0 radical (unpaired) electrons. The molecule has 0 amide bonds. The van der Waals surface area contributed by atoms with Crippen molar-refractivity contribution >= 4 is 27.9 Å². The molecule has 0 aromatic carbocycles. The van der Waals surface area contributed by atoms with Gasteiger partial charge in [0.05, 0.1) is 0 Å². The highest BCUT2D eigenvalue weighted by Crippen LogP contribution is 2.28. The van der Waals surface area contributed by atoms with Crippen molar-refractivity contribution in [3.05, 3.63) is 37.1 Å². The van der Waals surface area contributed by atoms with Gasteiger partial charge in [-0.25, -0.2) is 4.98 Å². The fraction of sp³-hybridized carbons (Fsp3) is 0.385. The summed E-state index contributed by atoms with van der Waals surface area (Å²) in [6, 6.07) is 5.99. The molecule has 4 heteroatoms. The van der Waals surface area contributed by atoms with Crippen molar-refractivity contribution in [1.29, 1.82) is 0 Å². The van der Waals surface area contributed by atoms with Crippen LogP contribution in [0.2, 0.25) is 0 Å². The first-order valence-electron chi connectivity index (χ1n) is 5.61. The second kappa shape index (κ2) is 17.6. The number of pyridine rings is 1. The third kappa shape index (κ3) is 15.3. The Hall–Kier alpha value is -0.740. The minimum Gasteiger partial charge on any atom is -0.299 e. The standard InChI is InChI=1S/C8H11NS2.C3H4O.C2H6/c1-2-7-10-11-8-5-3-4-6-9-8;1-2-3-4;1-2/h3-6H,2,7H2,1H3;2-3H,1H2;1-2H3. The highest BCUT2D eigenvalue weighted by atomic mass is 33.1. The molecule has 1 aromatic heterocycles. The van der Waals surface area contributed by atoms with E-state index < -0.39 is 0 Å². The Morgan fingerprint density at radius 1 is 1.41 bits per heavy atom. The van der Waals surface area contributed by atoms with Gasteiger partial charge in [0, 0.05) is 11.9 Å². The van der Waals surface area contributed by atoms with E-state index in [-0.39, 0.29) is 0 Å². The summed E-state index contributed by atoms with van der Waals surface area (Å²) in [7, 11) is 3.61. The van der Waals surface area contributed by atoms with Gasteiger partial charge in [-0.05, 0) is 35.4 Å². The molecule has 0 aliphatic rings. The number of nitrogens with zero attached hydrogens (tertiary/aromatic N) is 1. The van der Waals surface area contributed by atoms with Crippen LogP contribution in [0.3, 0.4) is 0 Å². The van der Waals surface area contributed by atoms with Gasteiger partial charge in [0.1, 0.15) is 11.3 Å². The van der Waals surface area contributed by atoms with Crippen molar-refractivity contribution in [2.75, 3.05) is 5.75 Å². The molecule has 0 unspecified atom stereocenters. The van der Waals surface area contributed by atoms with Crippen molar-refractivity contribution < 1.29 is 4.79 Å². The molecule has 17 heavy (non-hydrogen) atoms. The van der Waals surface area contributed by atoms with Crippen molar-refractivity contribution in [2.45, 2.75) is 32.2 Å². The molecule has 96 valence electrons. The first kappa shape index (κ1) is 18.6. The van der Waals surface area contributed by atoms with Crippen LogP contribution in [-0.4, -0.2) is 17.0 Å². The summed E-state index contributed by atoms with van der Waals surface area (Å²) < 4.78 is 0. The van der Waals surface area contributed by atoms with Crippen LogP contribution < -0.4 is 0 Å². The van der Waals surface area contributed by atoms with Crippen molar-refractivity contribution in [3.8, 4) is 0 Å². The number of hydrogen-bond donors (Lipinski definition) is 0. The van der Waals surface area contributed by atoms with Crippen LogP contribution in [-0.2, 0) is 4.79 Å². The molecular weight excluding hydrogens is 250 g/mol. The zero-order valence-electron chi connectivity index (χ0n) is 10.8. The smallest absolute Gasteiger partial charge is 0.142 e. The molecule has 2 nitrogen and oxygen atoms in total. The summed E-state index contributed by atoms with van der Waals surface area (Å²) in [4.78, 5) is 13.2. The summed E-state index contributed by atoms with van der Waals surface area (Å²) in [6.45, 7) is 9.30. The van der Waals surface area contributed by atoms with Gasteiger partial charge in [0.25, 0.3) is 0 Å². The van der Waals surface area contributed by atoms with Gasteiger partial charge in [0.2, 0.25) is 0 Å². The van der Waals surface area contributed by atoms with Crippen LogP contribution in [0.15, 0.2) is 42.1 Å². The van der Waals surface area contributed by atoms with Crippen molar-refractivity contribution in [1.82, 2.24) is 4.98 Å². The van der Waals surface area contributed by atoms with Gasteiger partial charge >= 0.3 is 0 Å². The van der Waals surface area contributed by atoms with Gasteiger partial charge in [0.15, 0.2) is 0 Å². The number of carbonyl (C=O) groups excluding carboxylic acids is 1. The number of aldehydes is 1. The average molecular weight is 271 g/mol. The van der Waals surface area contributed by atoms with Crippen LogP contribution in [0.1, 0.15) is 27.2 Å². The molecule has 1 heterocycles. The fourth-order valence-corrected chi connectivity index (χ4v) is 2.60. The van der Waals surface area contributed by atoms with Crippen molar-refractivity contribution in [2.24, 2.45) is 0 Å². The summed E-state index contributed by atoms with van der Waals surface area (Å²) in [6.07, 6.45) is 4.89. The zero-order valence-corrected chi connectivity index (χ0v) is 12.4. The quantitative estimate of drug-likeness (QED) is 0.338. The second-order valence-electron chi connectivity index (χ2n) is 2.45. The van der Waals surface area contributed by atoms with E-state index in [1.165, 1.54) is 18.2 Å². The Balaban J connectivity index is 0. The molecule has 0 fully saturated rings. The van der Waals surface area contributed by atoms with Gasteiger partial charge in [-0.15, -0.1) is 0 Å². The Morgan fingerprint density at radius 3 is 2.47 bits per heavy atom. The van der Waals surface area contributed by atoms with E-state index in [0.717, 1.165) is 5.03 Å². The first-order chi connectivity index (χ1) is 8.35. The molecule has 0 spiro atoms. The van der Waals surface area contributed by atoms with Crippen LogP contribution in [0.25, 0.3) is 0 Å². The maximum Gasteiger partial charge on any atom is 0.142 e. The number of hydrogen-bond acceptors (Lipinski definition) is 4. The normalized spacial score (nSPS) is 7.94. The largest absolute Gasteiger partial charge is 0.299 e. The highest BCUT2D eigenvalue weighted by molar-refractivity contribution is 8.76. The number of allylic oxidation sites excluding steroid dienone is 1. The van der Waals surface area contributed by atoms with E-state index >= 15 is 0 Å². The monoisotopic (exact) mass is 271 g/mol. The molecule has 0 aliphatic heterocycles. The van der Waals surface area contributed by atoms with Gasteiger partial charge in [-0.2, -0.15) is 0 Å². The Labute approximate surface area is 113 Å².